The van der Waals surface area contributed by atoms with Crippen molar-refractivity contribution >= 4 is 39.1 Å². The SMILES string of the molecule is COC(=O)C1CC(O)CN1C(=O)c1sccc1Br. The molecule has 2 rings (SSSR count). The number of rotatable bonds is 2. The lowest BCUT2D eigenvalue weighted by atomic mass is 10.2. The lowest BCUT2D eigenvalue weighted by Crippen LogP contribution is -2.41. The van der Waals surface area contributed by atoms with Crippen molar-refractivity contribution < 1.29 is 19.4 Å². The van der Waals surface area contributed by atoms with Gasteiger partial charge in [-0.3, -0.25) is 4.79 Å². The second kappa shape index (κ2) is 5.38. The molecule has 1 aromatic rings. The van der Waals surface area contributed by atoms with Gasteiger partial charge in [-0.2, -0.15) is 0 Å². The normalized spacial score (nSPS) is 23.2. The van der Waals surface area contributed by atoms with Crippen LogP contribution in [-0.2, 0) is 9.53 Å². The largest absolute Gasteiger partial charge is 0.467 e. The van der Waals surface area contributed by atoms with E-state index in [9.17, 15) is 14.7 Å². The quantitative estimate of drug-likeness (QED) is 0.827. The fourth-order valence-corrected chi connectivity index (χ4v) is 3.47. The molecule has 2 heterocycles. The van der Waals surface area contributed by atoms with Crippen LogP contribution in [0.3, 0.4) is 0 Å². The Balaban J connectivity index is 2.23. The van der Waals surface area contributed by atoms with Gasteiger partial charge in [0.15, 0.2) is 0 Å². The van der Waals surface area contributed by atoms with Gasteiger partial charge in [0, 0.05) is 17.4 Å². The van der Waals surface area contributed by atoms with E-state index in [-0.39, 0.29) is 18.9 Å². The number of methoxy groups -OCH3 is 1. The van der Waals surface area contributed by atoms with Gasteiger partial charge < -0.3 is 14.7 Å². The molecule has 98 valence electrons. The van der Waals surface area contributed by atoms with E-state index in [1.165, 1.54) is 23.3 Å². The molecule has 2 atom stereocenters. The Morgan fingerprint density at radius 2 is 2.33 bits per heavy atom. The number of halogens is 1. The van der Waals surface area contributed by atoms with E-state index in [0.29, 0.717) is 9.35 Å². The van der Waals surface area contributed by atoms with Crippen molar-refractivity contribution in [3.05, 3.63) is 20.8 Å². The van der Waals surface area contributed by atoms with Gasteiger partial charge in [-0.05, 0) is 27.4 Å². The minimum atomic E-state index is -0.702. The van der Waals surface area contributed by atoms with Crippen LogP contribution in [0, 0.1) is 0 Å². The zero-order chi connectivity index (χ0) is 13.3. The number of aliphatic hydroxyl groups excluding tert-OH is 1. The second-order valence-electron chi connectivity index (χ2n) is 3.98. The molecule has 0 saturated carbocycles. The molecule has 1 saturated heterocycles. The number of ether oxygens (including phenoxy) is 1. The van der Waals surface area contributed by atoms with E-state index < -0.39 is 18.1 Å². The summed E-state index contributed by atoms with van der Waals surface area (Å²) in [5.74, 6) is -0.753. The average Bonchev–Trinajstić information content (AvgIpc) is 2.93. The van der Waals surface area contributed by atoms with Crippen LogP contribution in [0.1, 0.15) is 16.1 Å². The highest BCUT2D eigenvalue weighted by molar-refractivity contribution is 9.10. The van der Waals surface area contributed by atoms with Gasteiger partial charge in [-0.1, -0.05) is 0 Å². The number of carbonyl (C=O) groups excluding carboxylic acids is 2. The van der Waals surface area contributed by atoms with E-state index in [0.717, 1.165) is 0 Å². The highest BCUT2D eigenvalue weighted by atomic mass is 79.9. The first-order chi connectivity index (χ1) is 8.54. The maximum Gasteiger partial charge on any atom is 0.328 e. The molecular formula is C11H12BrNO4S. The van der Waals surface area contributed by atoms with Gasteiger partial charge in [0.05, 0.1) is 13.2 Å². The third-order valence-electron chi connectivity index (χ3n) is 2.82. The zero-order valence-electron chi connectivity index (χ0n) is 9.63. The summed E-state index contributed by atoms with van der Waals surface area (Å²) in [6.45, 7) is 0.156. The first-order valence-electron chi connectivity index (χ1n) is 5.34. The zero-order valence-corrected chi connectivity index (χ0v) is 12.0. The summed E-state index contributed by atoms with van der Waals surface area (Å²) in [6.07, 6.45) is -0.460. The molecule has 2 unspecified atom stereocenters. The van der Waals surface area contributed by atoms with Crippen LogP contribution < -0.4 is 0 Å². The van der Waals surface area contributed by atoms with Crippen LogP contribution in [-0.4, -0.2) is 47.7 Å². The summed E-state index contributed by atoms with van der Waals surface area (Å²) in [6, 6.07) is 1.07. The monoisotopic (exact) mass is 333 g/mol. The summed E-state index contributed by atoms with van der Waals surface area (Å²) in [5.41, 5.74) is 0. The molecule has 1 aromatic heterocycles. The van der Waals surface area contributed by atoms with Crippen LogP contribution in [0.5, 0.6) is 0 Å². The van der Waals surface area contributed by atoms with Crippen molar-refractivity contribution in [3.8, 4) is 0 Å². The molecule has 1 aliphatic heterocycles. The van der Waals surface area contributed by atoms with E-state index in [4.69, 9.17) is 0 Å². The third-order valence-corrected chi connectivity index (χ3v) is 4.65. The highest BCUT2D eigenvalue weighted by Crippen LogP contribution is 2.28. The number of amides is 1. The van der Waals surface area contributed by atoms with Gasteiger partial charge >= 0.3 is 5.97 Å². The lowest BCUT2D eigenvalue weighted by Gasteiger charge is -2.21. The highest BCUT2D eigenvalue weighted by Gasteiger charge is 2.40. The number of carbonyl (C=O) groups is 2. The average molecular weight is 334 g/mol. The molecule has 0 aliphatic carbocycles. The van der Waals surface area contributed by atoms with Crippen LogP contribution in [0.4, 0.5) is 0 Å². The Kier molecular flexibility index (Phi) is 4.04. The molecule has 18 heavy (non-hydrogen) atoms. The van der Waals surface area contributed by atoms with Crippen LogP contribution in [0.15, 0.2) is 15.9 Å². The lowest BCUT2D eigenvalue weighted by molar-refractivity contribution is -0.145. The predicted molar refractivity (Wildman–Crippen MR) is 69.5 cm³/mol. The number of thiophene rings is 1. The van der Waals surface area contributed by atoms with Crippen molar-refractivity contribution in [2.45, 2.75) is 18.6 Å². The molecule has 1 N–H and O–H groups in total. The Morgan fingerprint density at radius 1 is 1.61 bits per heavy atom. The maximum atomic E-state index is 12.3. The number of β-amino-alcohol motifs (C(OH)–C–C–N with tert-alkyl or cyclic N) is 1. The standard InChI is InChI=1S/C11H12BrNO4S/c1-17-11(16)8-4-6(14)5-13(8)10(15)9-7(12)2-3-18-9/h2-3,6,8,14H,4-5H2,1H3. The summed E-state index contributed by atoms with van der Waals surface area (Å²) in [5, 5.41) is 11.4. The van der Waals surface area contributed by atoms with Gasteiger partial charge in [-0.15, -0.1) is 11.3 Å². The smallest absolute Gasteiger partial charge is 0.328 e. The molecule has 0 spiro atoms. The molecule has 1 amide bonds. The third kappa shape index (κ3) is 2.43. The van der Waals surface area contributed by atoms with Gasteiger partial charge in [0.1, 0.15) is 10.9 Å². The summed E-state index contributed by atoms with van der Waals surface area (Å²) < 4.78 is 5.35. The topological polar surface area (TPSA) is 66.8 Å². The first-order valence-corrected chi connectivity index (χ1v) is 7.01. The Hall–Kier alpha value is -0.920. The molecule has 7 heteroatoms. The van der Waals surface area contributed by atoms with Crippen molar-refractivity contribution in [1.82, 2.24) is 4.90 Å². The van der Waals surface area contributed by atoms with Crippen LogP contribution in [0.25, 0.3) is 0 Å². The van der Waals surface area contributed by atoms with Gasteiger partial charge in [0.25, 0.3) is 5.91 Å². The fraction of sp³-hybridized carbons (Fsp3) is 0.455. The predicted octanol–water partition coefficient (Wildman–Crippen LogP) is 1.26. The number of aliphatic hydroxyl groups is 1. The Labute approximate surface area is 116 Å². The molecule has 0 bridgehead atoms. The second-order valence-corrected chi connectivity index (χ2v) is 5.75. The minimum Gasteiger partial charge on any atom is -0.467 e. The molecule has 1 fully saturated rings. The molecule has 0 radical (unpaired) electrons. The van der Waals surface area contributed by atoms with Crippen LogP contribution >= 0.6 is 27.3 Å². The number of esters is 1. The van der Waals surface area contributed by atoms with Crippen molar-refractivity contribution in [1.29, 1.82) is 0 Å². The van der Waals surface area contributed by atoms with E-state index in [1.807, 2.05) is 0 Å². The Bertz CT molecular complexity index is 475. The van der Waals surface area contributed by atoms with E-state index >= 15 is 0 Å². The molecule has 1 aliphatic rings. The van der Waals surface area contributed by atoms with Crippen molar-refractivity contribution in [2.24, 2.45) is 0 Å². The number of likely N-dealkylation sites (tertiary alicyclic amines) is 1. The summed E-state index contributed by atoms with van der Waals surface area (Å²) >= 11 is 4.58. The fourth-order valence-electron chi connectivity index (χ4n) is 1.97. The van der Waals surface area contributed by atoms with Gasteiger partial charge in [0.2, 0.25) is 0 Å². The minimum absolute atomic E-state index is 0.156. The van der Waals surface area contributed by atoms with E-state index in [1.54, 1.807) is 11.4 Å². The molecule has 0 aromatic carbocycles. The van der Waals surface area contributed by atoms with Crippen LogP contribution in [0.2, 0.25) is 0 Å². The van der Waals surface area contributed by atoms with E-state index in [2.05, 4.69) is 20.7 Å². The first kappa shape index (κ1) is 13.5. The summed E-state index contributed by atoms with van der Waals surface area (Å²) in [7, 11) is 1.27. The van der Waals surface area contributed by atoms with Crippen molar-refractivity contribution in [3.63, 3.8) is 0 Å². The van der Waals surface area contributed by atoms with Gasteiger partial charge in [-0.25, -0.2) is 4.79 Å². The summed E-state index contributed by atoms with van der Waals surface area (Å²) in [4.78, 5) is 25.8. The molecular weight excluding hydrogens is 322 g/mol. The van der Waals surface area contributed by atoms with Crippen molar-refractivity contribution in [2.75, 3.05) is 13.7 Å². The number of hydrogen-bond acceptors (Lipinski definition) is 5. The Morgan fingerprint density at radius 3 is 2.89 bits per heavy atom. The molecule has 5 nitrogen and oxygen atoms in total. The number of nitrogens with zero attached hydrogens (tertiary/aromatic N) is 1. The number of hydrogen-bond donors (Lipinski definition) is 1. The maximum absolute atomic E-state index is 12.3.